The van der Waals surface area contributed by atoms with Crippen molar-refractivity contribution in [1.82, 2.24) is 4.57 Å². The lowest BCUT2D eigenvalue weighted by molar-refractivity contribution is -0.145. The van der Waals surface area contributed by atoms with Crippen molar-refractivity contribution in [2.45, 2.75) is 62.2 Å². The number of sulfone groups is 1. The summed E-state index contributed by atoms with van der Waals surface area (Å²) in [4.78, 5) is 28.8. The SMILES string of the molecule is COC(=O)C(C)(C1CCc2c(n(C(=O)OC(C)(C)C)c3ccc(N(C)C)cc23)C1)S(=O)(=O)c1ccccc1. The quantitative estimate of drug-likeness (QED) is 0.420. The van der Waals surface area contributed by atoms with Crippen LogP contribution in [0, 0.1) is 5.92 Å². The third kappa shape index (κ3) is 4.57. The van der Waals surface area contributed by atoms with Gasteiger partial charge >= 0.3 is 12.1 Å². The maximum atomic E-state index is 14.0. The minimum absolute atomic E-state index is 0.0574. The molecule has 8 nitrogen and oxygen atoms in total. The zero-order chi connectivity index (χ0) is 28.0. The number of aryl methyl sites for hydroxylation is 1. The number of methoxy groups -OCH3 is 1. The van der Waals surface area contributed by atoms with Crippen molar-refractivity contribution in [2.75, 3.05) is 26.1 Å². The topological polar surface area (TPSA) is 94.9 Å². The van der Waals surface area contributed by atoms with Gasteiger partial charge in [0, 0.05) is 30.9 Å². The average Bonchev–Trinajstić information content (AvgIpc) is 3.20. The Morgan fingerprint density at radius 1 is 1.03 bits per heavy atom. The number of anilines is 1. The number of ether oxygens (including phenoxy) is 2. The number of carbonyl (C=O) groups is 2. The van der Waals surface area contributed by atoms with Crippen molar-refractivity contribution in [3.8, 4) is 0 Å². The van der Waals surface area contributed by atoms with Crippen molar-refractivity contribution in [2.24, 2.45) is 5.92 Å². The second-order valence-electron chi connectivity index (χ2n) is 11.2. The van der Waals surface area contributed by atoms with Crippen LogP contribution in [0.1, 0.15) is 45.4 Å². The number of rotatable bonds is 5. The lowest BCUT2D eigenvalue weighted by Crippen LogP contribution is -2.52. The van der Waals surface area contributed by atoms with E-state index in [0.29, 0.717) is 24.1 Å². The summed E-state index contributed by atoms with van der Waals surface area (Å²) in [5.41, 5.74) is 2.58. The molecule has 204 valence electrons. The van der Waals surface area contributed by atoms with Gasteiger partial charge in [-0.1, -0.05) is 18.2 Å². The van der Waals surface area contributed by atoms with Crippen molar-refractivity contribution >= 4 is 38.5 Å². The number of aromatic nitrogens is 1. The van der Waals surface area contributed by atoms with Gasteiger partial charge in [-0.2, -0.15) is 0 Å². The molecule has 2 aromatic carbocycles. The summed E-state index contributed by atoms with van der Waals surface area (Å²) in [7, 11) is 0.972. The molecule has 38 heavy (non-hydrogen) atoms. The maximum Gasteiger partial charge on any atom is 0.419 e. The standard InChI is InChI=1S/C29H36N2O6S/c1-28(2,3)37-27(33)31-24-16-14-20(30(5)6)18-23(24)22-15-13-19(17-25(22)31)29(4,26(32)36-7)38(34,35)21-11-9-8-10-12-21/h8-12,14,16,18-19H,13,15,17H2,1-7H3. The van der Waals surface area contributed by atoms with Crippen LogP contribution in [-0.4, -0.2) is 56.6 Å². The Kier molecular flexibility index (Phi) is 7.12. The first-order valence-corrected chi connectivity index (χ1v) is 14.2. The molecule has 0 bridgehead atoms. The second kappa shape index (κ2) is 9.76. The normalized spacial score (nSPS) is 17.4. The molecule has 0 fully saturated rings. The molecule has 1 aliphatic rings. The van der Waals surface area contributed by atoms with Crippen LogP contribution in [0.15, 0.2) is 53.4 Å². The van der Waals surface area contributed by atoms with Gasteiger partial charge in [-0.05, 0) is 88.8 Å². The monoisotopic (exact) mass is 540 g/mol. The second-order valence-corrected chi connectivity index (χ2v) is 13.5. The molecule has 4 rings (SSSR count). The van der Waals surface area contributed by atoms with Gasteiger partial charge in [0.05, 0.1) is 17.5 Å². The average molecular weight is 541 g/mol. The summed E-state index contributed by atoms with van der Waals surface area (Å²) < 4.78 is 38.5. The Balaban J connectivity index is 1.90. The number of carbonyl (C=O) groups excluding carboxylic acids is 2. The summed E-state index contributed by atoms with van der Waals surface area (Å²) in [5.74, 6) is -1.45. The van der Waals surface area contributed by atoms with Gasteiger partial charge in [0.1, 0.15) is 5.60 Å². The van der Waals surface area contributed by atoms with Crippen molar-refractivity contribution in [3.05, 3.63) is 59.8 Å². The Hall–Kier alpha value is -3.33. The number of esters is 1. The highest BCUT2D eigenvalue weighted by Crippen LogP contribution is 2.44. The lowest BCUT2D eigenvalue weighted by atomic mass is 9.79. The Labute approximate surface area is 224 Å². The minimum atomic E-state index is -4.13. The van der Waals surface area contributed by atoms with Gasteiger partial charge < -0.3 is 14.4 Å². The Morgan fingerprint density at radius 2 is 1.68 bits per heavy atom. The number of nitrogens with zero attached hydrogens (tertiary/aromatic N) is 2. The third-order valence-corrected chi connectivity index (χ3v) is 9.93. The van der Waals surface area contributed by atoms with E-state index in [9.17, 15) is 18.0 Å². The van der Waals surface area contributed by atoms with Gasteiger partial charge in [-0.25, -0.2) is 17.8 Å². The van der Waals surface area contributed by atoms with Gasteiger partial charge in [0.15, 0.2) is 14.6 Å². The number of benzene rings is 2. The lowest BCUT2D eigenvalue weighted by Gasteiger charge is -2.37. The summed E-state index contributed by atoms with van der Waals surface area (Å²) in [6.45, 7) is 6.85. The fourth-order valence-electron chi connectivity index (χ4n) is 5.35. The van der Waals surface area contributed by atoms with E-state index in [-0.39, 0.29) is 11.3 Å². The van der Waals surface area contributed by atoms with E-state index in [1.165, 1.54) is 26.2 Å². The predicted molar refractivity (Wildman–Crippen MR) is 147 cm³/mol. The maximum absolute atomic E-state index is 14.0. The van der Waals surface area contributed by atoms with Crippen molar-refractivity contribution < 1.29 is 27.5 Å². The van der Waals surface area contributed by atoms with Crippen LogP contribution >= 0.6 is 0 Å². The van der Waals surface area contributed by atoms with E-state index < -0.39 is 38.2 Å². The first-order valence-electron chi connectivity index (χ1n) is 12.7. The molecular weight excluding hydrogens is 504 g/mol. The van der Waals surface area contributed by atoms with E-state index in [1.807, 2.05) is 37.2 Å². The summed E-state index contributed by atoms with van der Waals surface area (Å²) >= 11 is 0. The molecule has 3 aromatic rings. The van der Waals surface area contributed by atoms with Crippen molar-refractivity contribution in [3.63, 3.8) is 0 Å². The molecule has 0 N–H and O–H groups in total. The van der Waals surface area contributed by atoms with E-state index in [2.05, 4.69) is 0 Å². The van der Waals surface area contributed by atoms with Crippen LogP contribution in [0.3, 0.4) is 0 Å². The molecule has 9 heteroatoms. The van der Waals surface area contributed by atoms with Crippen LogP contribution in [0.4, 0.5) is 10.5 Å². The molecule has 1 aliphatic carbocycles. The first-order chi connectivity index (χ1) is 17.7. The summed E-state index contributed by atoms with van der Waals surface area (Å²) in [5, 5.41) is 0.918. The molecule has 0 radical (unpaired) electrons. The summed E-state index contributed by atoms with van der Waals surface area (Å²) in [6.07, 6.45) is 0.593. The molecule has 0 spiro atoms. The van der Waals surface area contributed by atoms with Crippen LogP contribution in [-0.2, 0) is 36.9 Å². The Bertz CT molecular complexity index is 1480. The molecule has 0 saturated carbocycles. The van der Waals surface area contributed by atoms with Crippen molar-refractivity contribution in [1.29, 1.82) is 0 Å². The molecule has 1 aromatic heterocycles. The highest BCUT2D eigenvalue weighted by molar-refractivity contribution is 7.93. The number of fused-ring (bicyclic) bond motifs is 3. The molecule has 2 atom stereocenters. The fraction of sp³-hybridized carbons (Fsp3) is 0.448. The molecule has 2 unspecified atom stereocenters. The van der Waals surface area contributed by atoms with Crippen LogP contribution in [0.5, 0.6) is 0 Å². The van der Waals surface area contributed by atoms with E-state index in [0.717, 1.165) is 16.6 Å². The van der Waals surface area contributed by atoms with Gasteiger partial charge in [0.2, 0.25) is 0 Å². The summed E-state index contributed by atoms with van der Waals surface area (Å²) in [6, 6.07) is 13.8. The number of hydrogen-bond donors (Lipinski definition) is 0. The third-order valence-electron chi connectivity index (χ3n) is 7.42. The van der Waals surface area contributed by atoms with Gasteiger partial charge in [-0.3, -0.25) is 4.79 Å². The molecule has 0 amide bonds. The zero-order valence-corrected chi connectivity index (χ0v) is 23.9. The van der Waals surface area contributed by atoms with E-state index in [4.69, 9.17) is 9.47 Å². The highest BCUT2D eigenvalue weighted by Gasteiger charge is 2.55. The highest BCUT2D eigenvalue weighted by atomic mass is 32.2. The molecule has 0 aliphatic heterocycles. The molecular formula is C29H36N2O6S. The van der Waals surface area contributed by atoms with E-state index in [1.54, 1.807) is 43.5 Å². The van der Waals surface area contributed by atoms with Gasteiger partial charge in [0.25, 0.3) is 0 Å². The van der Waals surface area contributed by atoms with Gasteiger partial charge in [-0.15, -0.1) is 0 Å². The predicted octanol–water partition coefficient (Wildman–Crippen LogP) is 5.00. The zero-order valence-electron chi connectivity index (χ0n) is 23.1. The van der Waals surface area contributed by atoms with E-state index >= 15 is 0 Å². The number of hydrogen-bond acceptors (Lipinski definition) is 7. The van der Waals surface area contributed by atoms with Crippen LogP contribution < -0.4 is 4.90 Å². The van der Waals surface area contributed by atoms with Crippen LogP contribution in [0.2, 0.25) is 0 Å². The largest absolute Gasteiger partial charge is 0.468 e. The molecule has 1 heterocycles. The fourth-order valence-corrected chi connectivity index (χ4v) is 7.30. The Morgan fingerprint density at radius 3 is 2.26 bits per heavy atom. The smallest absolute Gasteiger partial charge is 0.419 e. The molecule has 0 saturated heterocycles. The first kappa shape index (κ1) is 27.7. The minimum Gasteiger partial charge on any atom is -0.468 e. The van der Waals surface area contributed by atoms with Crippen LogP contribution in [0.25, 0.3) is 10.9 Å².